The molecule has 1 aliphatic heterocycles. The van der Waals surface area contributed by atoms with Crippen LogP contribution >= 0.6 is 0 Å². The second-order valence-corrected chi connectivity index (χ2v) is 5.36. The van der Waals surface area contributed by atoms with Gasteiger partial charge in [0, 0.05) is 20.1 Å². The average molecular weight is 275 g/mol. The van der Waals surface area contributed by atoms with Crippen LogP contribution in [0.4, 0.5) is 0 Å². The Kier molecular flexibility index (Phi) is 4.39. The third-order valence-corrected chi connectivity index (χ3v) is 3.59. The summed E-state index contributed by atoms with van der Waals surface area (Å²) in [7, 11) is 1.79. The molecular formula is C15H21N3O2. The molecule has 0 spiro atoms. The number of hydrogen-bond donors (Lipinski definition) is 2. The van der Waals surface area contributed by atoms with Gasteiger partial charge in [0.2, 0.25) is 11.8 Å². The molecule has 1 saturated heterocycles. The Morgan fingerprint density at radius 2 is 2.15 bits per heavy atom. The minimum absolute atomic E-state index is 0.00461. The number of rotatable bonds is 3. The number of benzene rings is 1. The van der Waals surface area contributed by atoms with Gasteiger partial charge in [-0.05, 0) is 25.0 Å². The Morgan fingerprint density at radius 1 is 1.40 bits per heavy atom. The third-order valence-electron chi connectivity index (χ3n) is 3.59. The molecule has 2 amide bonds. The Hall–Kier alpha value is -1.88. The summed E-state index contributed by atoms with van der Waals surface area (Å²) in [5.74, 6) is -0.0592. The lowest BCUT2D eigenvalue weighted by atomic mass is 10.1. The SMILES string of the molecule is Cc1ccc(CN(C)C(=O)C2CNC(=O)CN2)c(C)c1. The first-order valence-electron chi connectivity index (χ1n) is 6.78. The lowest BCUT2D eigenvalue weighted by Gasteiger charge is -2.28. The molecule has 1 unspecified atom stereocenters. The van der Waals surface area contributed by atoms with Gasteiger partial charge in [0.05, 0.1) is 6.54 Å². The summed E-state index contributed by atoms with van der Waals surface area (Å²) < 4.78 is 0. The lowest BCUT2D eigenvalue weighted by Crippen LogP contribution is -2.58. The number of aryl methyl sites for hydroxylation is 2. The standard InChI is InChI=1S/C15H21N3O2/c1-10-4-5-12(11(2)6-10)9-18(3)15(20)13-7-17-14(19)8-16-13/h4-6,13,16H,7-9H2,1-3H3,(H,17,19). The maximum absolute atomic E-state index is 12.3. The smallest absolute Gasteiger partial charge is 0.241 e. The van der Waals surface area contributed by atoms with E-state index in [-0.39, 0.29) is 24.4 Å². The van der Waals surface area contributed by atoms with Gasteiger partial charge < -0.3 is 10.2 Å². The van der Waals surface area contributed by atoms with Crippen molar-refractivity contribution in [2.45, 2.75) is 26.4 Å². The zero-order chi connectivity index (χ0) is 14.7. The van der Waals surface area contributed by atoms with Crippen molar-refractivity contribution in [3.05, 3.63) is 34.9 Å². The maximum atomic E-state index is 12.3. The summed E-state index contributed by atoms with van der Waals surface area (Å²) in [4.78, 5) is 25.1. The van der Waals surface area contributed by atoms with E-state index < -0.39 is 0 Å². The van der Waals surface area contributed by atoms with E-state index in [0.717, 1.165) is 5.56 Å². The van der Waals surface area contributed by atoms with Gasteiger partial charge in [0.1, 0.15) is 6.04 Å². The van der Waals surface area contributed by atoms with Gasteiger partial charge in [-0.2, -0.15) is 0 Å². The van der Waals surface area contributed by atoms with E-state index in [2.05, 4.69) is 42.7 Å². The molecule has 2 rings (SSSR count). The number of carbonyl (C=O) groups is 2. The van der Waals surface area contributed by atoms with Crippen LogP contribution in [0.2, 0.25) is 0 Å². The first-order valence-corrected chi connectivity index (χ1v) is 6.78. The molecule has 2 N–H and O–H groups in total. The Bertz CT molecular complexity index is 518. The summed E-state index contributed by atoms with van der Waals surface area (Å²) in [6.07, 6.45) is 0. The first kappa shape index (κ1) is 14.5. The van der Waals surface area contributed by atoms with E-state index in [9.17, 15) is 9.59 Å². The fourth-order valence-corrected chi connectivity index (χ4v) is 2.36. The molecule has 1 heterocycles. The average Bonchev–Trinajstić information content (AvgIpc) is 2.42. The van der Waals surface area contributed by atoms with Crippen LogP contribution in [0.15, 0.2) is 18.2 Å². The van der Waals surface area contributed by atoms with E-state index in [1.165, 1.54) is 11.1 Å². The largest absolute Gasteiger partial charge is 0.353 e. The highest BCUT2D eigenvalue weighted by molar-refractivity contribution is 5.86. The minimum atomic E-state index is -0.330. The highest BCUT2D eigenvalue weighted by Gasteiger charge is 2.26. The van der Waals surface area contributed by atoms with Crippen LogP contribution in [0.1, 0.15) is 16.7 Å². The maximum Gasteiger partial charge on any atom is 0.241 e. The summed E-state index contributed by atoms with van der Waals surface area (Å²) >= 11 is 0. The number of piperazine rings is 1. The van der Waals surface area contributed by atoms with Crippen LogP contribution < -0.4 is 10.6 Å². The summed E-state index contributed by atoms with van der Waals surface area (Å²) in [5, 5.41) is 5.66. The van der Waals surface area contributed by atoms with Crippen molar-refractivity contribution in [3.63, 3.8) is 0 Å². The molecule has 1 fully saturated rings. The van der Waals surface area contributed by atoms with Crippen LogP contribution in [0.25, 0.3) is 0 Å². The predicted octanol–water partition coefficient (Wildman–Crippen LogP) is 0.350. The normalized spacial score (nSPS) is 18.6. The first-order chi connectivity index (χ1) is 9.47. The van der Waals surface area contributed by atoms with Crippen LogP contribution in [0.5, 0.6) is 0 Å². The van der Waals surface area contributed by atoms with Crippen molar-refractivity contribution in [2.24, 2.45) is 0 Å². The van der Waals surface area contributed by atoms with Crippen molar-refractivity contribution < 1.29 is 9.59 Å². The van der Waals surface area contributed by atoms with Crippen molar-refractivity contribution in [1.82, 2.24) is 15.5 Å². The van der Waals surface area contributed by atoms with Gasteiger partial charge in [-0.3, -0.25) is 14.9 Å². The van der Waals surface area contributed by atoms with Gasteiger partial charge in [0.15, 0.2) is 0 Å². The van der Waals surface area contributed by atoms with Crippen LogP contribution in [0.3, 0.4) is 0 Å². The lowest BCUT2D eigenvalue weighted by molar-refractivity contribution is -0.134. The molecule has 1 aromatic rings. The van der Waals surface area contributed by atoms with Gasteiger partial charge in [-0.1, -0.05) is 23.8 Å². The number of carbonyl (C=O) groups excluding carboxylic acids is 2. The molecule has 0 aromatic heterocycles. The molecular weight excluding hydrogens is 254 g/mol. The van der Waals surface area contributed by atoms with E-state index in [0.29, 0.717) is 13.1 Å². The highest BCUT2D eigenvalue weighted by Crippen LogP contribution is 2.13. The van der Waals surface area contributed by atoms with E-state index in [1.807, 2.05) is 0 Å². The summed E-state index contributed by atoms with van der Waals surface area (Å²) in [6.45, 7) is 5.25. The van der Waals surface area contributed by atoms with Gasteiger partial charge in [-0.15, -0.1) is 0 Å². The zero-order valence-electron chi connectivity index (χ0n) is 12.2. The third kappa shape index (κ3) is 3.36. The molecule has 5 heteroatoms. The Morgan fingerprint density at radius 3 is 2.75 bits per heavy atom. The molecule has 0 radical (unpaired) electrons. The number of nitrogens with zero attached hydrogens (tertiary/aromatic N) is 1. The molecule has 1 aliphatic rings. The van der Waals surface area contributed by atoms with Crippen LogP contribution in [-0.2, 0) is 16.1 Å². The fourth-order valence-electron chi connectivity index (χ4n) is 2.36. The van der Waals surface area contributed by atoms with Gasteiger partial charge in [-0.25, -0.2) is 0 Å². The van der Waals surface area contributed by atoms with E-state index in [4.69, 9.17) is 0 Å². The summed E-state index contributed by atoms with van der Waals surface area (Å²) in [6, 6.07) is 5.90. The molecule has 1 aromatic carbocycles. The van der Waals surface area contributed by atoms with E-state index in [1.54, 1.807) is 11.9 Å². The second-order valence-electron chi connectivity index (χ2n) is 5.36. The Balaban J connectivity index is 1.98. The van der Waals surface area contributed by atoms with Crippen LogP contribution in [0, 0.1) is 13.8 Å². The molecule has 108 valence electrons. The summed E-state index contributed by atoms with van der Waals surface area (Å²) in [5.41, 5.74) is 3.55. The minimum Gasteiger partial charge on any atom is -0.353 e. The quantitative estimate of drug-likeness (QED) is 0.837. The number of amides is 2. The molecule has 0 saturated carbocycles. The van der Waals surface area contributed by atoms with Crippen molar-refractivity contribution in [3.8, 4) is 0 Å². The second kappa shape index (κ2) is 6.05. The van der Waals surface area contributed by atoms with Gasteiger partial charge in [0.25, 0.3) is 0 Å². The fraction of sp³-hybridized carbons (Fsp3) is 0.467. The van der Waals surface area contributed by atoms with Crippen molar-refractivity contribution in [2.75, 3.05) is 20.1 Å². The molecule has 0 bridgehead atoms. The molecule has 0 aliphatic carbocycles. The van der Waals surface area contributed by atoms with Crippen molar-refractivity contribution >= 4 is 11.8 Å². The number of nitrogens with one attached hydrogen (secondary N) is 2. The molecule has 20 heavy (non-hydrogen) atoms. The Labute approximate surface area is 119 Å². The monoisotopic (exact) mass is 275 g/mol. The van der Waals surface area contributed by atoms with Crippen LogP contribution in [-0.4, -0.2) is 42.9 Å². The predicted molar refractivity (Wildman–Crippen MR) is 77.2 cm³/mol. The van der Waals surface area contributed by atoms with Gasteiger partial charge >= 0.3 is 0 Å². The zero-order valence-corrected chi connectivity index (χ0v) is 12.2. The highest BCUT2D eigenvalue weighted by atomic mass is 16.2. The number of likely N-dealkylation sites (N-methyl/N-ethyl adjacent to an activating group) is 1. The van der Waals surface area contributed by atoms with Crippen molar-refractivity contribution in [1.29, 1.82) is 0 Å². The topological polar surface area (TPSA) is 61.4 Å². The van der Waals surface area contributed by atoms with E-state index >= 15 is 0 Å². The number of hydrogen-bond acceptors (Lipinski definition) is 3. The molecule has 1 atom stereocenters. The molecule has 5 nitrogen and oxygen atoms in total.